The first-order chi connectivity index (χ1) is 15.8. The van der Waals surface area contributed by atoms with Crippen molar-refractivity contribution in [3.8, 4) is 0 Å². The summed E-state index contributed by atoms with van der Waals surface area (Å²) in [6.45, 7) is 4.07. The summed E-state index contributed by atoms with van der Waals surface area (Å²) in [4.78, 5) is 26.8. The van der Waals surface area contributed by atoms with Crippen LogP contribution in [0.5, 0.6) is 0 Å². The summed E-state index contributed by atoms with van der Waals surface area (Å²) in [6.07, 6.45) is 8.70. The van der Waals surface area contributed by atoms with Crippen LogP contribution in [0.3, 0.4) is 0 Å². The lowest BCUT2D eigenvalue weighted by Gasteiger charge is -2.32. The standard InChI is InChI=1S/C25H36N6O2/c1-16-10-11-19-18(14-16)22(30-21-9-5-4-8-20(21)28-17(2)26)31-23(29-19)24(32)27-15-25(33)12-6-3-7-13-25/h10-11,14,20-21,33H,3-9,12-13,15H2,1-2H3,(H2,26,28)(H,27,32)(H,29,30,31)/t20-,21+/m1/s1. The molecule has 2 aliphatic rings. The van der Waals surface area contributed by atoms with Crippen molar-refractivity contribution in [3.63, 3.8) is 0 Å². The number of amides is 1. The second-order valence-corrected chi connectivity index (χ2v) is 9.76. The molecule has 1 aromatic carbocycles. The third-order valence-electron chi connectivity index (χ3n) is 6.84. The van der Waals surface area contributed by atoms with E-state index in [1.807, 2.05) is 32.0 Å². The van der Waals surface area contributed by atoms with Gasteiger partial charge in [0.1, 0.15) is 5.82 Å². The molecule has 0 bridgehead atoms. The summed E-state index contributed by atoms with van der Waals surface area (Å²) in [5, 5.41) is 18.1. The first-order valence-corrected chi connectivity index (χ1v) is 12.2. The molecular formula is C25H36N6O2. The van der Waals surface area contributed by atoms with E-state index in [1.165, 1.54) is 0 Å². The van der Waals surface area contributed by atoms with Gasteiger partial charge in [-0.25, -0.2) is 9.97 Å². The molecule has 8 nitrogen and oxygen atoms in total. The number of hydrogen-bond donors (Lipinski definition) is 4. The van der Waals surface area contributed by atoms with E-state index in [9.17, 15) is 9.90 Å². The lowest BCUT2D eigenvalue weighted by molar-refractivity contribution is 0.00517. The number of hydrogen-bond acceptors (Lipinski definition) is 6. The number of aliphatic imine (C=N–C) groups is 1. The van der Waals surface area contributed by atoms with E-state index in [-0.39, 0.29) is 30.4 Å². The molecule has 178 valence electrons. The monoisotopic (exact) mass is 452 g/mol. The molecule has 2 aromatic rings. The number of aliphatic hydroxyl groups is 1. The number of anilines is 1. The van der Waals surface area contributed by atoms with Crippen molar-refractivity contribution in [2.75, 3.05) is 11.9 Å². The van der Waals surface area contributed by atoms with Crippen LogP contribution in [0, 0.1) is 6.92 Å². The van der Waals surface area contributed by atoms with Crippen LogP contribution in [-0.4, -0.2) is 51.0 Å². The number of carbonyl (C=O) groups excluding carboxylic acids is 1. The highest BCUT2D eigenvalue weighted by Gasteiger charge is 2.30. The van der Waals surface area contributed by atoms with Crippen LogP contribution in [0.1, 0.15) is 80.9 Å². The highest BCUT2D eigenvalue weighted by molar-refractivity contribution is 5.96. The van der Waals surface area contributed by atoms with Crippen molar-refractivity contribution in [3.05, 3.63) is 29.6 Å². The summed E-state index contributed by atoms with van der Waals surface area (Å²) < 4.78 is 0. The quantitative estimate of drug-likeness (QED) is 0.393. The van der Waals surface area contributed by atoms with Crippen molar-refractivity contribution in [2.45, 2.75) is 89.3 Å². The number of benzene rings is 1. The molecule has 0 saturated heterocycles. The van der Waals surface area contributed by atoms with Gasteiger partial charge in [-0.05, 0) is 51.7 Å². The summed E-state index contributed by atoms with van der Waals surface area (Å²) in [7, 11) is 0. The summed E-state index contributed by atoms with van der Waals surface area (Å²) in [5.41, 5.74) is 6.86. The highest BCUT2D eigenvalue weighted by atomic mass is 16.3. The second kappa shape index (κ2) is 10.0. The fourth-order valence-corrected chi connectivity index (χ4v) is 5.04. The molecule has 2 aliphatic carbocycles. The number of nitrogens with zero attached hydrogens (tertiary/aromatic N) is 3. The number of nitrogens with two attached hydrogens (primary N) is 1. The van der Waals surface area contributed by atoms with Crippen LogP contribution >= 0.6 is 0 Å². The largest absolute Gasteiger partial charge is 0.388 e. The molecule has 8 heteroatoms. The molecule has 2 fully saturated rings. The Bertz CT molecular complexity index is 1030. The molecule has 2 atom stereocenters. The zero-order valence-electron chi connectivity index (χ0n) is 19.7. The van der Waals surface area contributed by atoms with Crippen molar-refractivity contribution >= 4 is 28.5 Å². The van der Waals surface area contributed by atoms with E-state index in [0.717, 1.165) is 55.9 Å². The number of aromatic nitrogens is 2. The van der Waals surface area contributed by atoms with Crippen molar-refractivity contribution in [1.82, 2.24) is 15.3 Å². The number of amidine groups is 1. The van der Waals surface area contributed by atoms with Crippen LogP contribution in [0.2, 0.25) is 0 Å². The summed E-state index contributed by atoms with van der Waals surface area (Å²) in [6, 6.07) is 6.12. The number of aryl methyl sites for hydroxylation is 1. The van der Waals surface area contributed by atoms with Gasteiger partial charge in [0.2, 0.25) is 5.82 Å². The Morgan fingerprint density at radius 1 is 1.18 bits per heavy atom. The van der Waals surface area contributed by atoms with Gasteiger partial charge in [-0.15, -0.1) is 0 Å². The van der Waals surface area contributed by atoms with E-state index in [0.29, 0.717) is 30.0 Å². The van der Waals surface area contributed by atoms with Gasteiger partial charge in [0, 0.05) is 18.0 Å². The predicted octanol–water partition coefficient (Wildman–Crippen LogP) is 3.46. The van der Waals surface area contributed by atoms with E-state index >= 15 is 0 Å². The van der Waals surface area contributed by atoms with Crippen molar-refractivity contribution < 1.29 is 9.90 Å². The van der Waals surface area contributed by atoms with Gasteiger partial charge in [-0.3, -0.25) is 9.79 Å². The molecule has 1 heterocycles. The molecule has 4 rings (SSSR count). The maximum absolute atomic E-state index is 13.0. The van der Waals surface area contributed by atoms with Gasteiger partial charge in [-0.2, -0.15) is 0 Å². The van der Waals surface area contributed by atoms with Crippen LogP contribution in [-0.2, 0) is 0 Å². The van der Waals surface area contributed by atoms with Gasteiger partial charge in [-0.1, -0.05) is 43.7 Å². The van der Waals surface area contributed by atoms with Crippen molar-refractivity contribution in [2.24, 2.45) is 10.7 Å². The zero-order valence-corrected chi connectivity index (χ0v) is 19.7. The highest BCUT2D eigenvalue weighted by Crippen LogP contribution is 2.29. The molecule has 1 aromatic heterocycles. The normalized spacial score (nSPS) is 23.3. The van der Waals surface area contributed by atoms with E-state index in [4.69, 9.17) is 5.73 Å². The fourth-order valence-electron chi connectivity index (χ4n) is 5.04. The first-order valence-electron chi connectivity index (χ1n) is 12.2. The summed E-state index contributed by atoms with van der Waals surface area (Å²) in [5.74, 6) is 0.972. The lowest BCUT2D eigenvalue weighted by atomic mass is 9.85. The lowest BCUT2D eigenvalue weighted by Crippen LogP contribution is -2.44. The predicted molar refractivity (Wildman–Crippen MR) is 132 cm³/mol. The van der Waals surface area contributed by atoms with E-state index in [1.54, 1.807) is 0 Å². The molecule has 0 aliphatic heterocycles. The zero-order chi connectivity index (χ0) is 23.4. The Morgan fingerprint density at radius 2 is 1.94 bits per heavy atom. The fraction of sp³-hybridized carbons (Fsp3) is 0.600. The number of carbonyl (C=O) groups is 1. The number of rotatable bonds is 6. The Labute approximate surface area is 195 Å². The van der Waals surface area contributed by atoms with Crippen molar-refractivity contribution in [1.29, 1.82) is 0 Å². The SMILES string of the molecule is CC(N)=N[C@@H]1CCCC[C@@H]1Nc1nc(C(=O)NCC2(O)CCCCC2)nc2ccc(C)cc12. The maximum Gasteiger partial charge on any atom is 0.289 e. The molecule has 0 radical (unpaired) electrons. The van der Waals surface area contributed by atoms with Gasteiger partial charge in [0.15, 0.2) is 0 Å². The number of fused-ring (bicyclic) bond motifs is 1. The topological polar surface area (TPSA) is 126 Å². The minimum Gasteiger partial charge on any atom is -0.388 e. The van der Waals surface area contributed by atoms with Gasteiger partial charge in [0.05, 0.1) is 23.0 Å². The average Bonchev–Trinajstić information content (AvgIpc) is 2.79. The Kier molecular flexibility index (Phi) is 7.12. The molecule has 0 spiro atoms. The molecular weight excluding hydrogens is 416 g/mol. The molecule has 5 N–H and O–H groups in total. The minimum atomic E-state index is -0.837. The average molecular weight is 453 g/mol. The number of nitrogens with one attached hydrogen (secondary N) is 2. The Hall–Kier alpha value is -2.74. The molecule has 33 heavy (non-hydrogen) atoms. The molecule has 0 unspecified atom stereocenters. The Balaban J connectivity index is 1.60. The Morgan fingerprint density at radius 3 is 2.70 bits per heavy atom. The van der Waals surface area contributed by atoms with Crippen LogP contribution < -0.4 is 16.4 Å². The van der Waals surface area contributed by atoms with Crippen LogP contribution in [0.25, 0.3) is 10.9 Å². The minimum absolute atomic E-state index is 0.0800. The van der Waals surface area contributed by atoms with Gasteiger partial charge >= 0.3 is 0 Å². The van der Waals surface area contributed by atoms with Gasteiger partial charge in [0.25, 0.3) is 5.91 Å². The molecule has 2 saturated carbocycles. The van der Waals surface area contributed by atoms with E-state index < -0.39 is 5.60 Å². The van der Waals surface area contributed by atoms with Gasteiger partial charge < -0.3 is 21.5 Å². The van der Waals surface area contributed by atoms with Crippen LogP contribution in [0.15, 0.2) is 23.2 Å². The third kappa shape index (κ3) is 5.79. The smallest absolute Gasteiger partial charge is 0.289 e. The second-order valence-electron chi connectivity index (χ2n) is 9.76. The third-order valence-corrected chi connectivity index (χ3v) is 6.84. The van der Waals surface area contributed by atoms with Crippen LogP contribution in [0.4, 0.5) is 5.82 Å². The first kappa shape index (κ1) is 23.4. The van der Waals surface area contributed by atoms with E-state index in [2.05, 4.69) is 25.6 Å². The summed E-state index contributed by atoms with van der Waals surface area (Å²) >= 11 is 0. The molecule has 1 amide bonds. The maximum atomic E-state index is 13.0.